The third-order valence-electron chi connectivity index (χ3n) is 6.90. The fraction of sp³-hybridized carbons (Fsp3) is 0.649. The lowest BCUT2D eigenvalue weighted by Crippen LogP contribution is -2.45. The predicted octanol–water partition coefficient (Wildman–Crippen LogP) is 9.61. The number of carbonyl (C=O) groups excluding carboxylic acids is 1. The van der Waals surface area contributed by atoms with Crippen molar-refractivity contribution in [3.05, 3.63) is 72.9 Å². The van der Waals surface area contributed by atoms with Crippen molar-refractivity contribution >= 4 is 5.91 Å². The van der Waals surface area contributed by atoms with Gasteiger partial charge in [0.25, 0.3) is 0 Å². The lowest BCUT2D eigenvalue weighted by molar-refractivity contribution is -0.123. The van der Waals surface area contributed by atoms with Crippen LogP contribution in [-0.4, -0.2) is 34.9 Å². The highest BCUT2D eigenvalue weighted by atomic mass is 16.3. The van der Waals surface area contributed by atoms with Gasteiger partial charge in [-0.1, -0.05) is 125 Å². The van der Waals surface area contributed by atoms with Crippen LogP contribution in [0.15, 0.2) is 72.9 Å². The van der Waals surface area contributed by atoms with Crippen molar-refractivity contribution < 1.29 is 15.0 Å². The van der Waals surface area contributed by atoms with Crippen LogP contribution in [-0.2, 0) is 4.79 Å². The predicted molar refractivity (Wildman–Crippen MR) is 179 cm³/mol. The number of unbranched alkanes of at least 4 members (excludes halogenated alkanes) is 11. The van der Waals surface area contributed by atoms with Gasteiger partial charge in [-0.05, 0) is 77.0 Å². The van der Waals surface area contributed by atoms with E-state index in [-0.39, 0.29) is 12.5 Å². The standard InChI is InChI=1S/C37H63NO3/c1-3-5-7-9-11-13-15-17-18-19-21-22-24-26-28-30-32-36(40)35(34-39)38-37(41)33-31-29-27-25-23-20-16-14-12-10-8-6-4-2/h6,8,12,14,17-18,20,22-24,30,32,35-36,39-40H,3-5,7,9-11,13,15-16,19,21,25-29,31,33-34H2,1-2H3,(H,38,41)/b8-6-,14-12-,18-17+,23-20-,24-22+,32-30+. The molecule has 0 aliphatic heterocycles. The summed E-state index contributed by atoms with van der Waals surface area (Å²) in [6.07, 6.45) is 45.5. The number of aliphatic hydroxyl groups excluding tert-OH is 2. The lowest BCUT2D eigenvalue weighted by Gasteiger charge is -2.19. The van der Waals surface area contributed by atoms with Crippen molar-refractivity contribution in [2.24, 2.45) is 0 Å². The molecule has 0 spiro atoms. The molecule has 4 heteroatoms. The molecule has 1 amide bonds. The second kappa shape index (κ2) is 32.3. The van der Waals surface area contributed by atoms with E-state index >= 15 is 0 Å². The lowest BCUT2D eigenvalue weighted by atomic mass is 10.1. The van der Waals surface area contributed by atoms with Crippen LogP contribution >= 0.6 is 0 Å². The van der Waals surface area contributed by atoms with E-state index in [4.69, 9.17) is 0 Å². The highest BCUT2D eigenvalue weighted by Crippen LogP contribution is 2.08. The van der Waals surface area contributed by atoms with Crippen molar-refractivity contribution in [2.45, 2.75) is 148 Å². The Morgan fingerprint density at radius 2 is 1.10 bits per heavy atom. The molecule has 0 aromatic heterocycles. The maximum atomic E-state index is 12.2. The number of hydrogen-bond donors (Lipinski definition) is 3. The molecule has 2 unspecified atom stereocenters. The fourth-order valence-corrected chi connectivity index (χ4v) is 4.34. The van der Waals surface area contributed by atoms with E-state index in [1.54, 1.807) is 6.08 Å². The summed E-state index contributed by atoms with van der Waals surface area (Å²) in [6, 6.07) is -0.661. The number of allylic oxidation sites excluding steroid dienone is 11. The van der Waals surface area contributed by atoms with Crippen LogP contribution in [0, 0.1) is 0 Å². The van der Waals surface area contributed by atoms with Crippen LogP contribution in [0.3, 0.4) is 0 Å². The first-order chi connectivity index (χ1) is 20.2. The van der Waals surface area contributed by atoms with Crippen molar-refractivity contribution in [1.82, 2.24) is 5.32 Å². The van der Waals surface area contributed by atoms with Crippen LogP contribution in [0.5, 0.6) is 0 Å². The molecule has 2 atom stereocenters. The molecule has 41 heavy (non-hydrogen) atoms. The SMILES string of the molecule is CC/C=C\C/C=C\C/C=C\CCCCCC(=O)NC(CO)C(O)/C=C/CC/C=C/CC/C=C/CCCCCCCC. The summed E-state index contributed by atoms with van der Waals surface area (Å²) in [7, 11) is 0. The first-order valence-electron chi connectivity index (χ1n) is 16.7. The summed E-state index contributed by atoms with van der Waals surface area (Å²) >= 11 is 0. The Bertz CT molecular complexity index is 747. The van der Waals surface area contributed by atoms with Crippen molar-refractivity contribution in [2.75, 3.05) is 6.61 Å². The van der Waals surface area contributed by atoms with E-state index in [9.17, 15) is 15.0 Å². The van der Waals surface area contributed by atoms with Gasteiger partial charge in [0, 0.05) is 6.42 Å². The van der Waals surface area contributed by atoms with E-state index in [1.165, 1.54) is 44.9 Å². The largest absolute Gasteiger partial charge is 0.394 e. The number of nitrogens with one attached hydrogen (secondary N) is 1. The highest BCUT2D eigenvalue weighted by molar-refractivity contribution is 5.76. The molecule has 0 saturated heterocycles. The zero-order chi connectivity index (χ0) is 30.1. The molecular weight excluding hydrogens is 506 g/mol. The number of amides is 1. The van der Waals surface area contributed by atoms with Crippen LogP contribution in [0.4, 0.5) is 0 Å². The molecule has 0 radical (unpaired) electrons. The minimum atomic E-state index is -0.883. The van der Waals surface area contributed by atoms with Gasteiger partial charge in [0.2, 0.25) is 5.91 Å². The van der Waals surface area contributed by atoms with Crippen LogP contribution in [0.2, 0.25) is 0 Å². The fourth-order valence-electron chi connectivity index (χ4n) is 4.34. The normalized spacial score (nSPS) is 14.1. The van der Waals surface area contributed by atoms with Gasteiger partial charge in [-0.2, -0.15) is 0 Å². The second-order valence-electron chi connectivity index (χ2n) is 10.8. The number of carbonyl (C=O) groups is 1. The highest BCUT2D eigenvalue weighted by Gasteiger charge is 2.17. The van der Waals surface area contributed by atoms with Gasteiger partial charge >= 0.3 is 0 Å². The molecular formula is C37H63NO3. The van der Waals surface area contributed by atoms with E-state index in [0.29, 0.717) is 6.42 Å². The number of rotatable bonds is 28. The molecule has 0 saturated carbocycles. The van der Waals surface area contributed by atoms with Crippen molar-refractivity contribution in [3.8, 4) is 0 Å². The molecule has 0 fully saturated rings. The van der Waals surface area contributed by atoms with Gasteiger partial charge < -0.3 is 15.5 Å². The minimum absolute atomic E-state index is 0.113. The van der Waals surface area contributed by atoms with Crippen LogP contribution in [0.25, 0.3) is 0 Å². The molecule has 0 aromatic carbocycles. The van der Waals surface area contributed by atoms with Crippen molar-refractivity contribution in [1.29, 1.82) is 0 Å². The van der Waals surface area contributed by atoms with E-state index in [1.807, 2.05) is 6.08 Å². The summed E-state index contributed by atoms with van der Waals surface area (Å²) in [6.45, 7) is 4.12. The monoisotopic (exact) mass is 569 g/mol. The molecule has 3 N–H and O–H groups in total. The van der Waals surface area contributed by atoms with Crippen LogP contribution < -0.4 is 5.32 Å². The maximum Gasteiger partial charge on any atom is 0.220 e. The molecule has 234 valence electrons. The summed E-state index contributed by atoms with van der Waals surface area (Å²) in [5, 5.41) is 22.8. The Balaban J connectivity index is 3.83. The summed E-state index contributed by atoms with van der Waals surface area (Å²) < 4.78 is 0. The topological polar surface area (TPSA) is 69.6 Å². The maximum absolute atomic E-state index is 12.2. The molecule has 0 aliphatic rings. The molecule has 0 rings (SSSR count). The Morgan fingerprint density at radius 3 is 1.71 bits per heavy atom. The zero-order valence-electron chi connectivity index (χ0n) is 26.5. The first kappa shape index (κ1) is 38.8. The Kier molecular flexibility index (Phi) is 30.6. The van der Waals surface area contributed by atoms with Crippen LogP contribution in [0.1, 0.15) is 136 Å². The minimum Gasteiger partial charge on any atom is -0.394 e. The van der Waals surface area contributed by atoms with Gasteiger partial charge in [0.05, 0.1) is 18.8 Å². The third kappa shape index (κ3) is 29.1. The quantitative estimate of drug-likeness (QED) is 0.0649. The Labute approximate surface area is 253 Å². The average molecular weight is 570 g/mol. The Hall–Kier alpha value is -2.17. The number of hydrogen-bond acceptors (Lipinski definition) is 3. The van der Waals surface area contributed by atoms with Crippen molar-refractivity contribution in [3.63, 3.8) is 0 Å². The number of aliphatic hydroxyl groups is 2. The van der Waals surface area contributed by atoms with Gasteiger partial charge in [-0.3, -0.25) is 4.79 Å². The Morgan fingerprint density at radius 1 is 0.610 bits per heavy atom. The molecule has 4 nitrogen and oxygen atoms in total. The second-order valence-corrected chi connectivity index (χ2v) is 10.8. The van der Waals surface area contributed by atoms with E-state index in [2.05, 4.69) is 79.9 Å². The van der Waals surface area contributed by atoms with Gasteiger partial charge in [0.15, 0.2) is 0 Å². The van der Waals surface area contributed by atoms with E-state index in [0.717, 1.165) is 70.6 Å². The summed E-state index contributed by atoms with van der Waals surface area (Å²) in [5.41, 5.74) is 0. The molecule has 0 aliphatic carbocycles. The van der Waals surface area contributed by atoms with Gasteiger partial charge in [-0.15, -0.1) is 0 Å². The van der Waals surface area contributed by atoms with E-state index < -0.39 is 12.1 Å². The first-order valence-corrected chi connectivity index (χ1v) is 16.7. The smallest absolute Gasteiger partial charge is 0.220 e. The summed E-state index contributed by atoms with van der Waals surface area (Å²) in [4.78, 5) is 12.2. The zero-order valence-corrected chi connectivity index (χ0v) is 26.5. The molecule has 0 heterocycles. The average Bonchev–Trinajstić information content (AvgIpc) is 2.97. The van der Waals surface area contributed by atoms with Gasteiger partial charge in [-0.25, -0.2) is 0 Å². The third-order valence-corrected chi connectivity index (χ3v) is 6.90. The summed E-state index contributed by atoms with van der Waals surface area (Å²) in [5.74, 6) is -0.113. The molecule has 0 bridgehead atoms. The molecule has 0 aromatic rings. The van der Waals surface area contributed by atoms with Gasteiger partial charge in [0.1, 0.15) is 0 Å².